The molecule has 0 radical (unpaired) electrons. The van der Waals surface area contributed by atoms with E-state index in [2.05, 4.69) is 43.5 Å². The van der Waals surface area contributed by atoms with Gasteiger partial charge in [0.15, 0.2) is 0 Å². The number of amides is 3. The van der Waals surface area contributed by atoms with Crippen molar-refractivity contribution in [1.82, 2.24) is 15.5 Å². The predicted molar refractivity (Wildman–Crippen MR) is 102 cm³/mol. The summed E-state index contributed by atoms with van der Waals surface area (Å²) < 4.78 is 5.01. The molecule has 3 amide bonds. The Balaban J connectivity index is 1.77. The lowest BCUT2D eigenvalue weighted by Gasteiger charge is -2.32. The molecule has 2 rings (SSSR count). The second-order valence-electron chi connectivity index (χ2n) is 7.49. The van der Waals surface area contributed by atoms with Crippen LogP contribution in [0.4, 0.5) is 9.59 Å². The number of urea groups is 1. The highest BCUT2D eigenvalue weighted by Crippen LogP contribution is 2.25. The molecule has 0 saturated carbocycles. The van der Waals surface area contributed by atoms with Gasteiger partial charge in [-0.2, -0.15) is 0 Å². The van der Waals surface area contributed by atoms with Crippen LogP contribution in [0.15, 0.2) is 24.3 Å². The van der Waals surface area contributed by atoms with Gasteiger partial charge >= 0.3 is 12.1 Å². The molecule has 2 N–H and O–H groups in total. The number of nitrogens with one attached hydrogen (secondary N) is 2. The topological polar surface area (TPSA) is 70.7 Å². The summed E-state index contributed by atoms with van der Waals surface area (Å²) in [5, 5.41) is 6.02. The summed E-state index contributed by atoms with van der Waals surface area (Å²) in [5.74, 6) is 0. The maximum Gasteiger partial charge on any atom is 0.409 e. The fraction of sp³-hybridized carbons (Fsp3) is 0.600. The maximum absolute atomic E-state index is 12.3. The first kappa shape index (κ1) is 20.1. The van der Waals surface area contributed by atoms with Crippen LogP contribution < -0.4 is 10.6 Å². The molecule has 1 aromatic rings. The average Bonchev–Trinajstić information content (AvgIpc) is 2.61. The first-order valence-electron chi connectivity index (χ1n) is 9.35. The molecule has 0 spiro atoms. The van der Waals surface area contributed by atoms with Gasteiger partial charge in [-0.3, -0.25) is 0 Å². The lowest BCUT2D eigenvalue weighted by molar-refractivity contribution is 0.0957. The van der Waals surface area contributed by atoms with E-state index in [9.17, 15) is 9.59 Å². The van der Waals surface area contributed by atoms with Crippen molar-refractivity contribution < 1.29 is 14.3 Å². The van der Waals surface area contributed by atoms with Crippen molar-refractivity contribution in [3.05, 3.63) is 35.4 Å². The lowest BCUT2D eigenvalue weighted by atomic mass is 9.82. The Kier molecular flexibility index (Phi) is 6.89. The van der Waals surface area contributed by atoms with E-state index in [0.29, 0.717) is 26.2 Å². The minimum absolute atomic E-state index is 0.0854. The van der Waals surface area contributed by atoms with Crippen LogP contribution in [0, 0.1) is 6.92 Å². The molecular weight excluding hydrogens is 330 g/mol. The molecule has 1 aliphatic heterocycles. The Morgan fingerprint density at radius 1 is 1.23 bits per heavy atom. The van der Waals surface area contributed by atoms with E-state index >= 15 is 0 Å². The first-order valence-corrected chi connectivity index (χ1v) is 9.35. The van der Waals surface area contributed by atoms with Gasteiger partial charge in [0.05, 0.1) is 6.61 Å². The highest BCUT2D eigenvalue weighted by molar-refractivity contribution is 5.74. The van der Waals surface area contributed by atoms with E-state index in [0.717, 1.165) is 12.8 Å². The van der Waals surface area contributed by atoms with Gasteiger partial charge in [0, 0.05) is 31.1 Å². The number of hydrogen-bond acceptors (Lipinski definition) is 3. The van der Waals surface area contributed by atoms with Crippen molar-refractivity contribution in [2.24, 2.45) is 0 Å². The van der Waals surface area contributed by atoms with Crippen LogP contribution in [0.2, 0.25) is 0 Å². The van der Waals surface area contributed by atoms with Crippen LogP contribution in [0.25, 0.3) is 0 Å². The van der Waals surface area contributed by atoms with E-state index in [1.165, 1.54) is 11.1 Å². The fourth-order valence-electron chi connectivity index (χ4n) is 3.39. The minimum atomic E-state index is -0.268. The molecule has 0 bridgehead atoms. The number of piperidine rings is 1. The van der Waals surface area contributed by atoms with E-state index in [-0.39, 0.29) is 23.6 Å². The summed E-state index contributed by atoms with van der Waals surface area (Å²) in [5.41, 5.74) is 2.32. The molecule has 0 aliphatic carbocycles. The molecule has 6 heteroatoms. The van der Waals surface area contributed by atoms with Gasteiger partial charge < -0.3 is 20.3 Å². The summed E-state index contributed by atoms with van der Waals surface area (Å²) in [6.45, 7) is 10.3. The van der Waals surface area contributed by atoms with Gasteiger partial charge in [0.1, 0.15) is 0 Å². The minimum Gasteiger partial charge on any atom is -0.450 e. The van der Waals surface area contributed by atoms with Gasteiger partial charge in [-0.05, 0) is 37.8 Å². The third kappa shape index (κ3) is 5.38. The van der Waals surface area contributed by atoms with Gasteiger partial charge in [0.25, 0.3) is 0 Å². The number of ether oxygens (including phenoxy) is 1. The molecule has 1 aromatic carbocycles. The molecule has 26 heavy (non-hydrogen) atoms. The number of aryl methyl sites for hydroxylation is 1. The molecule has 0 atom stereocenters. The standard InChI is InChI=1S/C20H31N3O3/c1-5-26-19(25)23-12-10-16(11-13-23)22-18(24)21-14-20(3,4)17-9-7-6-8-15(17)2/h6-9,16H,5,10-14H2,1-4H3,(H2,21,22,24). The summed E-state index contributed by atoms with van der Waals surface area (Å²) in [7, 11) is 0. The third-order valence-corrected chi connectivity index (χ3v) is 4.92. The highest BCUT2D eigenvalue weighted by Gasteiger charge is 2.26. The quantitative estimate of drug-likeness (QED) is 0.846. The van der Waals surface area contributed by atoms with E-state index in [1.807, 2.05) is 12.1 Å². The Bertz CT molecular complexity index is 622. The van der Waals surface area contributed by atoms with Crippen molar-refractivity contribution in [2.45, 2.75) is 52.0 Å². The molecule has 1 saturated heterocycles. The maximum atomic E-state index is 12.3. The second kappa shape index (κ2) is 8.92. The van der Waals surface area contributed by atoms with Gasteiger partial charge in [-0.25, -0.2) is 9.59 Å². The Hall–Kier alpha value is -2.24. The number of carbonyl (C=O) groups excluding carboxylic acids is 2. The number of carbonyl (C=O) groups is 2. The van der Waals surface area contributed by atoms with Crippen molar-refractivity contribution in [2.75, 3.05) is 26.2 Å². The lowest BCUT2D eigenvalue weighted by Crippen LogP contribution is -2.50. The number of benzene rings is 1. The fourth-order valence-corrected chi connectivity index (χ4v) is 3.39. The summed E-state index contributed by atoms with van der Waals surface area (Å²) >= 11 is 0. The molecule has 0 unspecified atom stereocenters. The van der Waals surface area contributed by atoms with Crippen molar-refractivity contribution in [3.8, 4) is 0 Å². The van der Waals surface area contributed by atoms with E-state index in [4.69, 9.17) is 4.74 Å². The zero-order chi connectivity index (χ0) is 19.2. The van der Waals surface area contributed by atoms with E-state index < -0.39 is 0 Å². The Morgan fingerprint density at radius 3 is 2.50 bits per heavy atom. The molecule has 1 aliphatic rings. The van der Waals surface area contributed by atoms with Gasteiger partial charge in [-0.1, -0.05) is 38.1 Å². The van der Waals surface area contributed by atoms with Gasteiger partial charge in [0.2, 0.25) is 0 Å². The van der Waals surface area contributed by atoms with Crippen molar-refractivity contribution >= 4 is 12.1 Å². The molecular formula is C20H31N3O3. The third-order valence-electron chi connectivity index (χ3n) is 4.92. The smallest absolute Gasteiger partial charge is 0.409 e. The monoisotopic (exact) mass is 361 g/mol. The molecule has 1 fully saturated rings. The summed E-state index contributed by atoms with van der Waals surface area (Å²) in [4.78, 5) is 25.7. The Labute approximate surface area is 156 Å². The molecule has 144 valence electrons. The SMILES string of the molecule is CCOC(=O)N1CCC(NC(=O)NCC(C)(C)c2ccccc2C)CC1. The second-order valence-corrected chi connectivity index (χ2v) is 7.49. The Morgan fingerprint density at radius 2 is 1.88 bits per heavy atom. The number of likely N-dealkylation sites (tertiary alicyclic amines) is 1. The summed E-state index contributed by atoms with van der Waals surface area (Å²) in [6.07, 6.45) is 1.22. The van der Waals surface area contributed by atoms with Crippen LogP contribution >= 0.6 is 0 Å². The van der Waals surface area contributed by atoms with Crippen LogP contribution in [0.5, 0.6) is 0 Å². The van der Waals surface area contributed by atoms with Crippen LogP contribution in [-0.4, -0.2) is 49.3 Å². The molecule has 6 nitrogen and oxygen atoms in total. The number of hydrogen-bond donors (Lipinski definition) is 2. The zero-order valence-electron chi connectivity index (χ0n) is 16.3. The predicted octanol–water partition coefficient (Wildman–Crippen LogP) is 3.19. The van der Waals surface area contributed by atoms with Crippen LogP contribution in [0.3, 0.4) is 0 Å². The zero-order valence-corrected chi connectivity index (χ0v) is 16.3. The van der Waals surface area contributed by atoms with Crippen molar-refractivity contribution in [3.63, 3.8) is 0 Å². The highest BCUT2D eigenvalue weighted by atomic mass is 16.6. The number of rotatable bonds is 5. The van der Waals surface area contributed by atoms with Crippen LogP contribution in [-0.2, 0) is 10.2 Å². The number of nitrogens with zero attached hydrogens (tertiary/aromatic N) is 1. The molecule has 0 aromatic heterocycles. The van der Waals surface area contributed by atoms with Gasteiger partial charge in [-0.15, -0.1) is 0 Å². The van der Waals surface area contributed by atoms with E-state index in [1.54, 1.807) is 11.8 Å². The van der Waals surface area contributed by atoms with Crippen molar-refractivity contribution in [1.29, 1.82) is 0 Å². The van der Waals surface area contributed by atoms with Crippen LogP contribution in [0.1, 0.15) is 44.7 Å². The summed E-state index contributed by atoms with van der Waals surface area (Å²) in [6, 6.07) is 8.19. The molecule has 1 heterocycles. The largest absolute Gasteiger partial charge is 0.450 e. The first-order chi connectivity index (χ1) is 12.3. The average molecular weight is 361 g/mol. The normalized spacial score (nSPS) is 15.5.